The second kappa shape index (κ2) is 6.39. The van der Waals surface area contributed by atoms with Crippen molar-refractivity contribution in [3.05, 3.63) is 42.0 Å². The van der Waals surface area contributed by atoms with Gasteiger partial charge in [-0.05, 0) is 32.9 Å². The van der Waals surface area contributed by atoms with Crippen molar-refractivity contribution >= 4 is 11.7 Å². The van der Waals surface area contributed by atoms with Crippen LogP contribution in [0.3, 0.4) is 0 Å². The second-order valence-electron chi connectivity index (χ2n) is 5.30. The predicted molar refractivity (Wildman–Crippen MR) is 80.3 cm³/mol. The zero-order valence-corrected chi connectivity index (χ0v) is 12.5. The molecule has 1 aromatic carbocycles. The van der Waals surface area contributed by atoms with Gasteiger partial charge in [0.25, 0.3) is 0 Å². The number of nitrogens with zero attached hydrogens (tertiary/aromatic N) is 4. The molecule has 0 saturated heterocycles. The van der Waals surface area contributed by atoms with Crippen molar-refractivity contribution in [1.29, 1.82) is 0 Å². The molecule has 1 heterocycles. The average molecular weight is 288 g/mol. The summed E-state index contributed by atoms with van der Waals surface area (Å²) in [6.07, 6.45) is 1.50. The fraction of sp³-hybridized carbons (Fsp3) is 0.400. The topological polar surface area (TPSA) is 71.2 Å². The standard InChI is InChI=1S/C15H20N4O2/c1-11(2)19-14(16-10-17-19)8-18(9-15(20)21)13-6-4-12(3)5-7-13/h4-7,10-11H,8-9H2,1-3H3,(H,20,21). The van der Waals surface area contributed by atoms with E-state index in [0.717, 1.165) is 17.1 Å². The van der Waals surface area contributed by atoms with Gasteiger partial charge < -0.3 is 10.0 Å². The van der Waals surface area contributed by atoms with Crippen LogP contribution in [0.4, 0.5) is 5.69 Å². The second-order valence-corrected chi connectivity index (χ2v) is 5.30. The summed E-state index contributed by atoms with van der Waals surface area (Å²) in [6.45, 7) is 6.37. The zero-order chi connectivity index (χ0) is 15.4. The summed E-state index contributed by atoms with van der Waals surface area (Å²) in [5.74, 6) is -0.113. The number of carboxylic acids is 1. The van der Waals surface area contributed by atoms with E-state index in [0.29, 0.717) is 6.54 Å². The van der Waals surface area contributed by atoms with Crippen molar-refractivity contribution in [3.8, 4) is 0 Å². The lowest BCUT2D eigenvalue weighted by atomic mass is 10.2. The molecule has 0 spiro atoms. The molecule has 112 valence electrons. The first-order valence-electron chi connectivity index (χ1n) is 6.89. The first-order chi connectivity index (χ1) is 9.97. The van der Waals surface area contributed by atoms with Crippen LogP contribution in [0.5, 0.6) is 0 Å². The first-order valence-corrected chi connectivity index (χ1v) is 6.89. The van der Waals surface area contributed by atoms with E-state index in [1.165, 1.54) is 6.33 Å². The molecule has 0 aliphatic heterocycles. The molecule has 6 nitrogen and oxygen atoms in total. The Bertz CT molecular complexity index is 604. The maximum absolute atomic E-state index is 11.1. The van der Waals surface area contributed by atoms with Gasteiger partial charge in [-0.2, -0.15) is 5.10 Å². The summed E-state index contributed by atoms with van der Waals surface area (Å²) in [7, 11) is 0. The Balaban J connectivity index is 2.26. The molecule has 0 bridgehead atoms. The molecular formula is C15H20N4O2. The number of benzene rings is 1. The van der Waals surface area contributed by atoms with Crippen molar-refractivity contribution in [2.75, 3.05) is 11.4 Å². The van der Waals surface area contributed by atoms with E-state index in [-0.39, 0.29) is 12.6 Å². The summed E-state index contributed by atoms with van der Waals surface area (Å²) < 4.78 is 1.81. The van der Waals surface area contributed by atoms with Crippen LogP contribution in [-0.2, 0) is 11.3 Å². The van der Waals surface area contributed by atoms with Crippen LogP contribution in [0.25, 0.3) is 0 Å². The molecule has 21 heavy (non-hydrogen) atoms. The Kier molecular flexibility index (Phi) is 4.57. The van der Waals surface area contributed by atoms with Gasteiger partial charge in [0.2, 0.25) is 0 Å². The number of carboxylic acid groups (broad SMARTS) is 1. The molecule has 0 amide bonds. The third kappa shape index (κ3) is 3.81. The van der Waals surface area contributed by atoms with E-state index in [2.05, 4.69) is 10.1 Å². The molecule has 0 saturated carbocycles. The highest BCUT2D eigenvalue weighted by Crippen LogP contribution is 2.18. The van der Waals surface area contributed by atoms with E-state index in [1.54, 1.807) is 4.90 Å². The van der Waals surface area contributed by atoms with Gasteiger partial charge in [0.15, 0.2) is 0 Å². The number of rotatable bonds is 6. The SMILES string of the molecule is Cc1ccc(N(CC(=O)O)Cc2ncnn2C(C)C)cc1. The minimum absolute atomic E-state index is 0.0754. The monoisotopic (exact) mass is 288 g/mol. The molecule has 1 aromatic heterocycles. The van der Waals surface area contributed by atoms with Crippen molar-refractivity contribution < 1.29 is 9.90 Å². The highest BCUT2D eigenvalue weighted by Gasteiger charge is 2.16. The molecule has 0 aliphatic carbocycles. The van der Waals surface area contributed by atoms with Gasteiger partial charge in [-0.25, -0.2) is 9.67 Å². The number of carbonyl (C=O) groups is 1. The van der Waals surface area contributed by atoms with Gasteiger partial charge in [-0.1, -0.05) is 17.7 Å². The number of hydrogen-bond acceptors (Lipinski definition) is 4. The number of aromatic nitrogens is 3. The Morgan fingerprint density at radius 3 is 2.57 bits per heavy atom. The fourth-order valence-electron chi connectivity index (χ4n) is 2.15. The van der Waals surface area contributed by atoms with Crippen LogP contribution in [0.1, 0.15) is 31.3 Å². The summed E-state index contributed by atoms with van der Waals surface area (Å²) in [6, 6.07) is 7.98. The van der Waals surface area contributed by atoms with Crippen molar-refractivity contribution in [2.24, 2.45) is 0 Å². The van der Waals surface area contributed by atoms with E-state index >= 15 is 0 Å². The van der Waals surface area contributed by atoms with Crippen molar-refractivity contribution in [1.82, 2.24) is 14.8 Å². The molecule has 0 fully saturated rings. The summed E-state index contributed by atoms with van der Waals surface area (Å²) >= 11 is 0. The van der Waals surface area contributed by atoms with Gasteiger partial charge >= 0.3 is 5.97 Å². The zero-order valence-electron chi connectivity index (χ0n) is 12.5. The van der Waals surface area contributed by atoms with Crippen LogP contribution in [0.15, 0.2) is 30.6 Å². The minimum atomic E-state index is -0.869. The molecule has 6 heteroatoms. The third-order valence-corrected chi connectivity index (χ3v) is 3.19. The molecular weight excluding hydrogens is 268 g/mol. The lowest BCUT2D eigenvalue weighted by molar-refractivity contribution is -0.135. The predicted octanol–water partition coefficient (Wildman–Crippen LogP) is 2.26. The number of hydrogen-bond donors (Lipinski definition) is 1. The molecule has 0 radical (unpaired) electrons. The summed E-state index contributed by atoms with van der Waals surface area (Å²) in [5.41, 5.74) is 2.00. The minimum Gasteiger partial charge on any atom is -0.480 e. The van der Waals surface area contributed by atoms with E-state index in [4.69, 9.17) is 5.11 Å². The van der Waals surface area contributed by atoms with Crippen molar-refractivity contribution in [2.45, 2.75) is 33.4 Å². The fourth-order valence-corrected chi connectivity index (χ4v) is 2.15. The third-order valence-electron chi connectivity index (χ3n) is 3.19. The number of aryl methyl sites for hydroxylation is 1. The van der Waals surface area contributed by atoms with Gasteiger partial charge in [0, 0.05) is 11.7 Å². The lowest BCUT2D eigenvalue weighted by Gasteiger charge is -2.23. The molecule has 2 rings (SSSR count). The van der Waals surface area contributed by atoms with E-state index in [9.17, 15) is 4.79 Å². The smallest absolute Gasteiger partial charge is 0.323 e. The Hall–Kier alpha value is -2.37. The van der Waals surface area contributed by atoms with Crippen LogP contribution in [0, 0.1) is 6.92 Å². The highest BCUT2D eigenvalue weighted by molar-refractivity contribution is 5.73. The van der Waals surface area contributed by atoms with E-state index in [1.807, 2.05) is 49.7 Å². The van der Waals surface area contributed by atoms with Crippen LogP contribution >= 0.6 is 0 Å². The quantitative estimate of drug-likeness (QED) is 0.882. The van der Waals surface area contributed by atoms with Gasteiger partial charge in [-0.3, -0.25) is 4.79 Å². The molecule has 0 unspecified atom stereocenters. The van der Waals surface area contributed by atoms with Gasteiger partial charge in [0.1, 0.15) is 18.7 Å². The normalized spacial score (nSPS) is 10.9. The van der Waals surface area contributed by atoms with E-state index < -0.39 is 5.97 Å². The van der Waals surface area contributed by atoms with Crippen LogP contribution in [0.2, 0.25) is 0 Å². The largest absolute Gasteiger partial charge is 0.480 e. The molecule has 0 atom stereocenters. The molecule has 0 aliphatic rings. The average Bonchev–Trinajstić information content (AvgIpc) is 2.86. The summed E-state index contributed by atoms with van der Waals surface area (Å²) in [4.78, 5) is 17.1. The van der Waals surface area contributed by atoms with Crippen LogP contribution < -0.4 is 4.90 Å². The number of aliphatic carboxylic acids is 1. The molecule has 1 N–H and O–H groups in total. The van der Waals surface area contributed by atoms with Crippen molar-refractivity contribution in [3.63, 3.8) is 0 Å². The Morgan fingerprint density at radius 1 is 1.33 bits per heavy atom. The maximum atomic E-state index is 11.1. The Labute approximate surface area is 124 Å². The summed E-state index contributed by atoms with van der Waals surface area (Å²) in [5, 5.41) is 13.3. The highest BCUT2D eigenvalue weighted by atomic mass is 16.4. The lowest BCUT2D eigenvalue weighted by Crippen LogP contribution is -2.30. The number of anilines is 1. The maximum Gasteiger partial charge on any atom is 0.323 e. The van der Waals surface area contributed by atoms with Gasteiger partial charge in [0.05, 0.1) is 6.54 Å². The van der Waals surface area contributed by atoms with Gasteiger partial charge in [-0.15, -0.1) is 0 Å². The first kappa shape index (κ1) is 15.0. The molecule has 2 aromatic rings. The Morgan fingerprint density at radius 2 is 2.00 bits per heavy atom. The van der Waals surface area contributed by atoms with Crippen LogP contribution in [-0.4, -0.2) is 32.4 Å².